The third kappa shape index (κ3) is 6.19. The number of hydrogen-bond donors (Lipinski definition) is 2. The number of unbranched alkanes of at least 4 members (excludes halogenated alkanes) is 6. The Morgan fingerprint density at radius 2 is 1.78 bits per heavy atom. The fourth-order valence-corrected chi connectivity index (χ4v) is 4.19. The largest absolute Gasteiger partial charge is 0.480 e. The molecule has 23 heavy (non-hydrogen) atoms. The van der Waals surface area contributed by atoms with Crippen LogP contribution in [0.15, 0.2) is 24.3 Å². The summed E-state index contributed by atoms with van der Waals surface area (Å²) in [6, 6.07) is 8.26. The van der Waals surface area contributed by atoms with Gasteiger partial charge in [-0.25, -0.2) is 0 Å². The van der Waals surface area contributed by atoms with E-state index in [0.29, 0.717) is 5.75 Å². The van der Waals surface area contributed by atoms with Gasteiger partial charge in [-0.3, -0.25) is 10.1 Å². The lowest BCUT2D eigenvalue weighted by atomic mass is 10.0. The maximum atomic E-state index is 11.0. The van der Waals surface area contributed by atoms with Crippen LogP contribution in [0, 0.1) is 0 Å². The van der Waals surface area contributed by atoms with E-state index in [1.54, 1.807) is 11.8 Å². The van der Waals surface area contributed by atoms with Crippen LogP contribution in [0.2, 0.25) is 0 Å². The molecule has 1 heterocycles. The number of benzene rings is 1. The smallest absolute Gasteiger partial charge is 0.321 e. The highest BCUT2D eigenvalue weighted by Crippen LogP contribution is 2.32. The van der Waals surface area contributed by atoms with E-state index < -0.39 is 12.0 Å². The van der Waals surface area contributed by atoms with E-state index in [0.717, 1.165) is 6.42 Å². The van der Waals surface area contributed by atoms with Crippen molar-refractivity contribution in [2.24, 2.45) is 0 Å². The summed E-state index contributed by atoms with van der Waals surface area (Å²) in [5.41, 5.74) is 2.57. The van der Waals surface area contributed by atoms with Gasteiger partial charge in [0, 0.05) is 5.75 Å². The van der Waals surface area contributed by atoms with Crippen LogP contribution in [0.5, 0.6) is 0 Å². The summed E-state index contributed by atoms with van der Waals surface area (Å²) in [4.78, 5) is 11.0. The topological polar surface area (TPSA) is 49.3 Å². The van der Waals surface area contributed by atoms with Gasteiger partial charge in [0.05, 0.1) is 5.37 Å². The quantitative estimate of drug-likeness (QED) is 0.605. The van der Waals surface area contributed by atoms with E-state index in [2.05, 4.69) is 36.5 Å². The second-order valence-corrected chi connectivity index (χ2v) is 7.52. The molecule has 0 amide bonds. The van der Waals surface area contributed by atoms with E-state index in [-0.39, 0.29) is 5.37 Å². The molecule has 128 valence electrons. The molecule has 1 aliphatic heterocycles. The lowest BCUT2D eigenvalue weighted by Gasteiger charge is -2.12. The molecule has 2 rings (SSSR count). The van der Waals surface area contributed by atoms with Crippen molar-refractivity contribution in [3.63, 3.8) is 0 Å². The Hall–Kier alpha value is -1.00. The zero-order valence-corrected chi connectivity index (χ0v) is 14.9. The Morgan fingerprint density at radius 3 is 2.39 bits per heavy atom. The highest BCUT2D eigenvalue weighted by molar-refractivity contribution is 7.99. The number of carboxylic acid groups (broad SMARTS) is 1. The first kappa shape index (κ1) is 18.3. The van der Waals surface area contributed by atoms with Crippen molar-refractivity contribution in [1.82, 2.24) is 5.32 Å². The van der Waals surface area contributed by atoms with Crippen molar-refractivity contribution in [3.8, 4) is 0 Å². The maximum Gasteiger partial charge on any atom is 0.321 e. The Morgan fingerprint density at radius 1 is 1.13 bits per heavy atom. The summed E-state index contributed by atoms with van der Waals surface area (Å²) >= 11 is 1.68. The number of aryl methyl sites for hydroxylation is 1. The minimum atomic E-state index is -0.754. The Bertz CT molecular complexity index is 475. The lowest BCUT2D eigenvalue weighted by molar-refractivity contribution is -0.138. The number of carbonyl (C=O) groups is 1. The van der Waals surface area contributed by atoms with Crippen LogP contribution in [0.1, 0.15) is 68.4 Å². The van der Waals surface area contributed by atoms with Crippen LogP contribution in [0.3, 0.4) is 0 Å². The Kier molecular flexibility index (Phi) is 7.96. The predicted molar refractivity (Wildman–Crippen MR) is 97.9 cm³/mol. The second kappa shape index (κ2) is 9.99. The summed E-state index contributed by atoms with van der Waals surface area (Å²) < 4.78 is 0. The first-order valence-electron chi connectivity index (χ1n) is 8.90. The molecule has 2 N–H and O–H groups in total. The molecule has 0 aromatic heterocycles. The fraction of sp³-hybridized carbons (Fsp3) is 0.632. The number of carboxylic acids is 1. The van der Waals surface area contributed by atoms with Crippen LogP contribution in [-0.2, 0) is 11.2 Å². The molecule has 2 atom stereocenters. The molecule has 0 aliphatic carbocycles. The molecule has 1 saturated heterocycles. The van der Waals surface area contributed by atoms with Gasteiger partial charge in [0.25, 0.3) is 0 Å². The van der Waals surface area contributed by atoms with Crippen LogP contribution >= 0.6 is 11.8 Å². The van der Waals surface area contributed by atoms with E-state index in [1.807, 2.05) is 0 Å². The molecule has 1 fully saturated rings. The summed E-state index contributed by atoms with van der Waals surface area (Å²) in [5.74, 6) is -0.115. The number of aliphatic carboxylic acids is 1. The summed E-state index contributed by atoms with van der Waals surface area (Å²) in [5, 5.41) is 12.3. The second-order valence-electron chi connectivity index (χ2n) is 6.38. The highest BCUT2D eigenvalue weighted by Gasteiger charge is 2.30. The number of nitrogens with one attached hydrogen (secondary N) is 1. The molecule has 3 nitrogen and oxygen atoms in total. The van der Waals surface area contributed by atoms with Gasteiger partial charge in [0.1, 0.15) is 6.04 Å². The summed E-state index contributed by atoms with van der Waals surface area (Å²) in [7, 11) is 0. The first-order valence-corrected chi connectivity index (χ1v) is 9.95. The minimum Gasteiger partial charge on any atom is -0.480 e. The Balaban J connectivity index is 1.68. The van der Waals surface area contributed by atoms with E-state index >= 15 is 0 Å². The monoisotopic (exact) mass is 335 g/mol. The molecular formula is C19H29NO2S. The standard InChI is InChI=1S/C19H29NO2S/c1-2-3-4-5-6-7-8-9-15-10-12-16(13-11-15)18-20-17(14-23-18)19(21)22/h10-13,17-18,20H,2-9,14H2,1H3,(H,21,22)/t17-,18+/m0/s1. The van der Waals surface area contributed by atoms with Crippen molar-refractivity contribution in [2.75, 3.05) is 5.75 Å². The molecule has 1 aliphatic rings. The van der Waals surface area contributed by atoms with Crippen molar-refractivity contribution >= 4 is 17.7 Å². The maximum absolute atomic E-state index is 11.0. The van der Waals surface area contributed by atoms with Crippen molar-refractivity contribution in [3.05, 3.63) is 35.4 Å². The van der Waals surface area contributed by atoms with E-state index in [4.69, 9.17) is 5.11 Å². The summed E-state index contributed by atoms with van der Waals surface area (Å²) in [6.07, 6.45) is 10.5. The summed E-state index contributed by atoms with van der Waals surface area (Å²) in [6.45, 7) is 2.26. The SMILES string of the molecule is CCCCCCCCCc1ccc([C@@H]2N[C@H](C(=O)O)CS2)cc1. The molecule has 0 radical (unpaired) electrons. The molecule has 1 aromatic rings. The van der Waals surface area contributed by atoms with Gasteiger partial charge in [0.2, 0.25) is 0 Å². The third-order valence-corrected chi connectivity index (χ3v) is 5.70. The van der Waals surface area contributed by atoms with Gasteiger partial charge >= 0.3 is 5.97 Å². The van der Waals surface area contributed by atoms with Gasteiger partial charge in [-0.15, -0.1) is 11.8 Å². The number of thioether (sulfide) groups is 1. The molecule has 0 saturated carbocycles. The normalized spacial score (nSPS) is 20.7. The van der Waals surface area contributed by atoms with Crippen LogP contribution in [0.25, 0.3) is 0 Å². The third-order valence-electron chi connectivity index (χ3n) is 4.43. The van der Waals surface area contributed by atoms with Crippen molar-refractivity contribution < 1.29 is 9.90 Å². The van der Waals surface area contributed by atoms with E-state index in [1.165, 1.54) is 56.1 Å². The number of hydrogen-bond acceptors (Lipinski definition) is 3. The van der Waals surface area contributed by atoms with Gasteiger partial charge in [-0.2, -0.15) is 0 Å². The first-order chi connectivity index (χ1) is 11.2. The lowest BCUT2D eigenvalue weighted by Crippen LogP contribution is -2.33. The van der Waals surface area contributed by atoms with Crippen LogP contribution in [-0.4, -0.2) is 22.9 Å². The average Bonchev–Trinajstić information content (AvgIpc) is 3.05. The minimum absolute atomic E-state index is 0.115. The fourth-order valence-electron chi connectivity index (χ4n) is 2.95. The van der Waals surface area contributed by atoms with Crippen LogP contribution in [0.4, 0.5) is 0 Å². The zero-order chi connectivity index (χ0) is 16.5. The van der Waals surface area contributed by atoms with Crippen molar-refractivity contribution in [1.29, 1.82) is 0 Å². The van der Waals surface area contributed by atoms with Gasteiger partial charge in [-0.05, 0) is 24.0 Å². The van der Waals surface area contributed by atoms with Crippen molar-refractivity contribution in [2.45, 2.75) is 69.7 Å². The molecular weight excluding hydrogens is 306 g/mol. The highest BCUT2D eigenvalue weighted by atomic mass is 32.2. The molecule has 0 unspecified atom stereocenters. The van der Waals surface area contributed by atoms with Gasteiger partial charge < -0.3 is 5.11 Å². The Labute approximate surface area is 144 Å². The number of rotatable bonds is 10. The van der Waals surface area contributed by atoms with E-state index in [9.17, 15) is 4.79 Å². The molecule has 0 spiro atoms. The predicted octanol–water partition coefficient (Wildman–Crippen LogP) is 4.77. The zero-order valence-electron chi connectivity index (χ0n) is 14.1. The van der Waals surface area contributed by atoms with Gasteiger partial charge in [0.15, 0.2) is 0 Å². The molecule has 0 bridgehead atoms. The average molecular weight is 336 g/mol. The molecule has 1 aromatic carbocycles. The van der Waals surface area contributed by atoms with Gasteiger partial charge in [-0.1, -0.05) is 69.7 Å². The molecule has 4 heteroatoms. The van der Waals surface area contributed by atoms with Crippen LogP contribution < -0.4 is 5.32 Å².